The van der Waals surface area contributed by atoms with Crippen LogP contribution in [0, 0.1) is 13.8 Å². The van der Waals surface area contributed by atoms with Crippen molar-refractivity contribution in [2.24, 2.45) is 0 Å². The summed E-state index contributed by atoms with van der Waals surface area (Å²) in [5.41, 5.74) is 1.07. The number of hydrogen-bond acceptors (Lipinski definition) is 4. The first-order valence-corrected chi connectivity index (χ1v) is 15.0. The number of fused-ring (bicyclic) bond motifs is 2. The summed E-state index contributed by atoms with van der Waals surface area (Å²) in [6.07, 6.45) is 0.733. The lowest BCUT2D eigenvalue weighted by atomic mass is 9.96. The van der Waals surface area contributed by atoms with Gasteiger partial charge in [-0.3, -0.25) is 9.80 Å². The van der Waals surface area contributed by atoms with Crippen molar-refractivity contribution >= 4 is 29.0 Å². The Morgan fingerprint density at radius 1 is 1.05 bits per heavy atom. The second-order valence-electron chi connectivity index (χ2n) is 11.8. The molecule has 3 atom stereocenters. The highest BCUT2D eigenvalue weighted by molar-refractivity contribution is 6.31. The van der Waals surface area contributed by atoms with Gasteiger partial charge in [-0.05, 0) is 87.9 Å². The highest BCUT2D eigenvalue weighted by Gasteiger charge is 2.42. The van der Waals surface area contributed by atoms with E-state index in [2.05, 4.69) is 38.8 Å². The van der Waals surface area contributed by atoms with Gasteiger partial charge in [-0.2, -0.15) is 13.2 Å². The Morgan fingerprint density at radius 2 is 1.71 bits per heavy atom. The summed E-state index contributed by atoms with van der Waals surface area (Å²) < 4.78 is 41.3. The average molecular weight is 603 g/mol. The highest BCUT2D eigenvalue weighted by Crippen LogP contribution is 2.42. The summed E-state index contributed by atoms with van der Waals surface area (Å²) in [7, 11) is 0. The van der Waals surface area contributed by atoms with Gasteiger partial charge in [-0.25, -0.2) is 4.79 Å². The van der Waals surface area contributed by atoms with Gasteiger partial charge >= 0.3 is 12.2 Å². The van der Waals surface area contributed by atoms with Crippen molar-refractivity contribution in [3.05, 3.63) is 70.3 Å². The van der Waals surface area contributed by atoms with Gasteiger partial charge in [0.25, 0.3) is 0 Å². The molecule has 2 saturated heterocycles. The third-order valence-electron chi connectivity index (χ3n) is 8.61. The van der Waals surface area contributed by atoms with E-state index in [9.17, 15) is 18.0 Å². The van der Waals surface area contributed by atoms with Crippen molar-refractivity contribution < 1.29 is 18.0 Å². The molecular formula is C31H38ClF3N6O. The standard InChI is InChI=1S/C31H38ClF3N6O/c1-19(2)29-38-37-21(4)41(29)27-16-24-12-13-25(17-27)39(24)14-5-15-40(26-11-6-20(3)28(32)18-26)30(42)36-23-9-7-22(8-10-23)31(33,34)35/h6-11,18-19,24-25,27H,5,12-17H2,1-4H3,(H,36,42)/t24-,25+,27?. The molecule has 5 rings (SSSR count). The molecule has 226 valence electrons. The van der Waals surface area contributed by atoms with Crippen molar-refractivity contribution in [1.82, 2.24) is 19.7 Å². The number of anilines is 2. The number of carbonyl (C=O) groups is 1. The molecule has 1 unspecified atom stereocenters. The van der Waals surface area contributed by atoms with Crippen molar-refractivity contribution in [3.63, 3.8) is 0 Å². The van der Waals surface area contributed by atoms with Crippen LogP contribution < -0.4 is 10.2 Å². The normalized spacial score (nSPS) is 20.7. The molecule has 3 heterocycles. The van der Waals surface area contributed by atoms with E-state index in [0.29, 0.717) is 47.0 Å². The minimum atomic E-state index is -4.44. The van der Waals surface area contributed by atoms with Crippen molar-refractivity contribution in [2.45, 2.75) is 90.0 Å². The lowest BCUT2D eigenvalue weighted by Crippen LogP contribution is -2.45. The number of rotatable bonds is 8. The number of nitrogens with zero attached hydrogens (tertiary/aromatic N) is 5. The van der Waals surface area contributed by atoms with E-state index in [1.165, 1.54) is 12.1 Å². The Balaban J connectivity index is 1.26. The number of urea groups is 1. The van der Waals surface area contributed by atoms with Crippen molar-refractivity contribution in [1.29, 1.82) is 0 Å². The second kappa shape index (κ2) is 12.2. The number of carbonyl (C=O) groups excluding carboxylic acids is 1. The molecule has 42 heavy (non-hydrogen) atoms. The number of aryl methyl sites for hydroxylation is 2. The van der Waals surface area contributed by atoms with Crippen LogP contribution in [0.5, 0.6) is 0 Å². The molecule has 2 fully saturated rings. The van der Waals surface area contributed by atoms with Gasteiger partial charge in [-0.15, -0.1) is 10.2 Å². The van der Waals surface area contributed by atoms with E-state index >= 15 is 0 Å². The van der Waals surface area contributed by atoms with Crippen LogP contribution in [0.1, 0.15) is 80.7 Å². The lowest BCUT2D eigenvalue weighted by molar-refractivity contribution is -0.137. The predicted molar refractivity (Wildman–Crippen MR) is 159 cm³/mol. The number of piperidine rings is 1. The molecule has 11 heteroatoms. The fraction of sp³-hybridized carbons (Fsp3) is 0.516. The first-order valence-electron chi connectivity index (χ1n) is 14.6. The number of benzene rings is 2. The average Bonchev–Trinajstić information content (AvgIpc) is 3.43. The minimum absolute atomic E-state index is 0.293. The maximum Gasteiger partial charge on any atom is 0.416 e. The SMILES string of the molecule is Cc1ccc(N(CCCN2[C@@H]3CC[C@H]2CC(n2c(C)nnc2C(C)C)C3)C(=O)Nc2ccc(C(F)(F)F)cc2)cc1Cl. The topological polar surface area (TPSA) is 66.3 Å². The molecule has 0 aliphatic carbocycles. The number of alkyl halides is 3. The van der Waals surface area contributed by atoms with Crippen LogP contribution in [0.4, 0.5) is 29.3 Å². The number of hydrogen-bond donors (Lipinski definition) is 1. The number of amides is 2. The van der Waals surface area contributed by atoms with E-state index in [-0.39, 0.29) is 0 Å². The smallest absolute Gasteiger partial charge is 0.312 e. The van der Waals surface area contributed by atoms with Crippen LogP contribution in [-0.2, 0) is 6.18 Å². The minimum Gasteiger partial charge on any atom is -0.312 e. The van der Waals surface area contributed by atoms with Gasteiger partial charge in [0.05, 0.1) is 5.56 Å². The van der Waals surface area contributed by atoms with E-state index in [0.717, 1.165) is 68.0 Å². The van der Waals surface area contributed by atoms with Gasteiger partial charge in [0.2, 0.25) is 0 Å². The van der Waals surface area contributed by atoms with Gasteiger partial charge < -0.3 is 9.88 Å². The zero-order chi connectivity index (χ0) is 30.2. The molecule has 0 radical (unpaired) electrons. The van der Waals surface area contributed by atoms with E-state index in [1.807, 2.05) is 26.0 Å². The van der Waals surface area contributed by atoms with Crippen molar-refractivity contribution in [3.8, 4) is 0 Å². The molecule has 1 N–H and O–H groups in total. The summed E-state index contributed by atoms with van der Waals surface area (Å²) in [5, 5.41) is 12.1. The molecule has 1 aromatic heterocycles. The molecule has 2 amide bonds. The number of halogens is 4. The molecule has 2 aromatic carbocycles. The molecule has 0 saturated carbocycles. The van der Waals surface area contributed by atoms with Crippen LogP contribution in [0.25, 0.3) is 0 Å². The summed E-state index contributed by atoms with van der Waals surface area (Å²) in [4.78, 5) is 17.6. The Bertz CT molecular complexity index is 1390. The summed E-state index contributed by atoms with van der Waals surface area (Å²) in [5.74, 6) is 2.34. The fourth-order valence-electron chi connectivity index (χ4n) is 6.49. The highest BCUT2D eigenvalue weighted by atomic mass is 35.5. The number of aromatic nitrogens is 3. The number of nitrogens with one attached hydrogen (secondary N) is 1. The van der Waals surface area contributed by atoms with Crippen LogP contribution in [0.15, 0.2) is 42.5 Å². The van der Waals surface area contributed by atoms with Crippen LogP contribution >= 0.6 is 11.6 Å². The summed E-state index contributed by atoms with van der Waals surface area (Å²) in [6, 6.07) is 10.9. The Morgan fingerprint density at radius 3 is 2.31 bits per heavy atom. The van der Waals surface area contributed by atoms with Crippen LogP contribution in [0.3, 0.4) is 0 Å². The molecule has 2 aliphatic rings. The Labute approximate surface area is 250 Å². The Hall–Kier alpha value is -3.11. The Kier molecular flexibility index (Phi) is 8.85. The molecule has 2 aliphatic heterocycles. The van der Waals surface area contributed by atoms with E-state index in [1.54, 1.807) is 11.0 Å². The molecule has 3 aromatic rings. The van der Waals surface area contributed by atoms with Crippen LogP contribution in [0.2, 0.25) is 5.02 Å². The monoisotopic (exact) mass is 602 g/mol. The summed E-state index contributed by atoms with van der Waals surface area (Å²) >= 11 is 6.40. The maximum absolute atomic E-state index is 13.4. The van der Waals surface area contributed by atoms with Gasteiger partial charge in [0.1, 0.15) is 11.6 Å². The van der Waals surface area contributed by atoms with Crippen LogP contribution in [-0.4, -0.2) is 50.9 Å². The van der Waals surface area contributed by atoms with Crippen molar-refractivity contribution in [2.75, 3.05) is 23.3 Å². The zero-order valence-corrected chi connectivity index (χ0v) is 25.2. The largest absolute Gasteiger partial charge is 0.416 e. The first-order chi connectivity index (χ1) is 19.9. The summed E-state index contributed by atoms with van der Waals surface area (Å²) in [6.45, 7) is 9.53. The molecular weight excluding hydrogens is 565 g/mol. The maximum atomic E-state index is 13.4. The predicted octanol–water partition coefficient (Wildman–Crippen LogP) is 7.99. The fourth-order valence-corrected chi connectivity index (χ4v) is 6.67. The van der Waals surface area contributed by atoms with Gasteiger partial charge in [-0.1, -0.05) is 31.5 Å². The quantitative estimate of drug-likeness (QED) is 0.284. The second-order valence-corrected chi connectivity index (χ2v) is 12.2. The van der Waals surface area contributed by atoms with Gasteiger partial charge in [0, 0.05) is 53.5 Å². The van der Waals surface area contributed by atoms with Gasteiger partial charge in [0.15, 0.2) is 0 Å². The third kappa shape index (κ3) is 6.44. The lowest BCUT2D eigenvalue weighted by Gasteiger charge is -2.40. The van der Waals surface area contributed by atoms with E-state index in [4.69, 9.17) is 11.6 Å². The first kappa shape index (κ1) is 30.4. The van der Waals surface area contributed by atoms with E-state index < -0.39 is 17.8 Å². The molecule has 7 nitrogen and oxygen atoms in total. The zero-order valence-electron chi connectivity index (χ0n) is 24.5. The molecule has 0 spiro atoms. The third-order valence-corrected chi connectivity index (χ3v) is 9.01. The molecule has 2 bridgehead atoms.